The molecule has 110 valence electrons. The number of hydrogen-bond donors (Lipinski definition) is 3. The molecule has 0 saturated carbocycles. The van der Waals surface area contributed by atoms with Crippen molar-refractivity contribution in [2.75, 3.05) is 25.0 Å². The molecule has 0 bridgehead atoms. The molecule has 5 N–H and O–H groups in total. The number of nitrogens with two attached hydrogens (primary N) is 2. The molecule has 0 unspecified atom stereocenters. The van der Waals surface area contributed by atoms with Gasteiger partial charge in [-0.25, -0.2) is 0 Å². The fraction of sp³-hybridized carbons (Fsp3) is 0.429. The van der Waals surface area contributed by atoms with E-state index in [1.165, 1.54) is 0 Å². The molecule has 20 heavy (non-hydrogen) atoms. The summed E-state index contributed by atoms with van der Waals surface area (Å²) < 4.78 is 0. The van der Waals surface area contributed by atoms with E-state index in [4.69, 9.17) is 11.5 Å². The van der Waals surface area contributed by atoms with Gasteiger partial charge in [-0.15, -0.1) is 0 Å². The molecule has 2 amide bonds. The molecule has 0 saturated heterocycles. The highest BCUT2D eigenvalue weighted by molar-refractivity contribution is 5.90. The van der Waals surface area contributed by atoms with Crippen LogP contribution >= 0.6 is 0 Å². The highest BCUT2D eigenvalue weighted by atomic mass is 16.2. The van der Waals surface area contributed by atoms with Crippen LogP contribution in [0.4, 0.5) is 5.69 Å². The highest BCUT2D eigenvalue weighted by Gasteiger charge is 2.09. The van der Waals surface area contributed by atoms with Crippen molar-refractivity contribution in [1.82, 2.24) is 4.90 Å². The maximum Gasteiger partial charge on any atom is 0.231 e. The third-order valence-corrected chi connectivity index (χ3v) is 2.96. The highest BCUT2D eigenvalue weighted by Crippen LogP contribution is 2.09. The zero-order valence-electron chi connectivity index (χ0n) is 11.8. The predicted octanol–water partition coefficient (Wildman–Crippen LogP) is 0.281. The fourth-order valence-corrected chi connectivity index (χ4v) is 1.78. The maximum atomic E-state index is 11.8. The number of nitrogens with zero attached hydrogens (tertiary/aromatic N) is 1. The first-order chi connectivity index (χ1) is 9.55. The smallest absolute Gasteiger partial charge is 0.231 e. The minimum atomic E-state index is -0.385. The Balaban J connectivity index is 2.40. The average Bonchev–Trinajstić information content (AvgIpc) is 2.44. The largest absolute Gasteiger partial charge is 0.369 e. The number of likely N-dealkylation sites (N-methyl/N-ethyl adjacent to an activating group) is 1. The molecule has 0 aliphatic heterocycles. The topological polar surface area (TPSA) is 101 Å². The first-order valence-corrected chi connectivity index (χ1v) is 6.64. The molecule has 0 radical (unpaired) electrons. The van der Waals surface area contributed by atoms with Crippen LogP contribution in [0.1, 0.15) is 18.9 Å². The molecular formula is C14H22N4O2. The quantitative estimate of drug-likeness (QED) is 0.635. The molecule has 1 rings (SSSR count). The third kappa shape index (κ3) is 5.81. The molecule has 1 aromatic rings. The van der Waals surface area contributed by atoms with Crippen molar-refractivity contribution < 1.29 is 9.59 Å². The monoisotopic (exact) mass is 278 g/mol. The number of carbonyl (C=O) groups is 2. The van der Waals surface area contributed by atoms with Gasteiger partial charge in [0.1, 0.15) is 0 Å². The van der Waals surface area contributed by atoms with Crippen LogP contribution < -0.4 is 16.8 Å². The number of nitrogens with one attached hydrogen (secondary N) is 1. The normalized spacial score (nSPS) is 10.6. The van der Waals surface area contributed by atoms with Crippen LogP contribution in [0.5, 0.6) is 0 Å². The van der Waals surface area contributed by atoms with E-state index in [0.717, 1.165) is 11.3 Å². The van der Waals surface area contributed by atoms with Crippen molar-refractivity contribution in [2.24, 2.45) is 11.5 Å². The fourth-order valence-electron chi connectivity index (χ4n) is 1.78. The Bertz CT molecular complexity index is 445. The Morgan fingerprint density at radius 2 is 1.90 bits per heavy atom. The van der Waals surface area contributed by atoms with Crippen LogP contribution in [0.25, 0.3) is 0 Å². The van der Waals surface area contributed by atoms with Gasteiger partial charge in [0.05, 0.1) is 6.54 Å². The Morgan fingerprint density at radius 1 is 1.25 bits per heavy atom. The van der Waals surface area contributed by atoms with Crippen LogP contribution in [0.3, 0.4) is 0 Å². The lowest BCUT2D eigenvalue weighted by atomic mass is 10.2. The van der Waals surface area contributed by atoms with Crippen LogP contribution in [0.15, 0.2) is 24.3 Å². The van der Waals surface area contributed by atoms with Gasteiger partial charge in [0.2, 0.25) is 11.8 Å². The van der Waals surface area contributed by atoms with E-state index in [-0.39, 0.29) is 18.4 Å². The summed E-state index contributed by atoms with van der Waals surface area (Å²) in [7, 11) is 0. The van der Waals surface area contributed by atoms with Crippen LogP contribution in [0.2, 0.25) is 0 Å². The Morgan fingerprint density at radius 3 is 2.40 bits per heavy atom. The molecule has 0 aliphatic carbocycles. The third-order valence-electron chi connectivity index (χ3n) is 2.96. The van der Waals surface area contributed by atoms with Crippen LogP contribution in [0, 0.1) is 0 Å². The first kappa shape index (κ1) is 16.1. The summed E-state index contributed by atoms with van der Waals surface area (Å²) in [6.07, 6.45) is 0.319. The van der Waals surface area contributed by atoms with E-state index < -0.39 is 0 Å². The first-order valence-electron chi connectivity index (χ1n) is 6.64. The molecule has 1 aromatic carbocycles. The lowest BCUT2D eigenvalue weighted by Crippen LogP contribution is -2.35. The van der Waals surface area contributed by atoms with Gasteiger partial charge < -0.3 is 16.8 Å². The number of primary amides is 1. The van der Waals surface area contributed by atoms with Crippen molar-refractivity contribution in [1.29, 1.82) is 0 Å². The van der Waals surface area contributed by atoms with Crippen molar-refractivity contribution in [3.8, 4) is 0 Å². The Labute approximate surface area is 119 Å². The number of carbonyl (C=O) groups excluding carboxylic acids is 2. The molecule has 0 spiro atoms. The molecule has 0 atom stereocenters. The summed E-state index contributed by atoms with van der Waals surface area (Å²) >= 11 is 0. The van der Waals surface area contributed by atoms with Gasteiger partial charge in [0.25, 0.3) is 0 Å². The molecule has 0 aliphatic rings. The van der Waals surface area contributed by atoms with Gasteiger partial charge in [-0.05, 0) is 24.2 Å². The van der Waals surface area contributed by atoms with Gasteiger partial charge in [-0.3, -0.25) is 14.5 Å². The second-order valence-corrected chi connectivity index (χ2v) is 4.53. The maximum absolute atomic E-state index is 11.8. The molecule has 6 nitrogen and oxygen atoms in total. The van der Waals surface area contributed by atoms with Gasteiger partial charge in [-0.1, -0.05) is 19.1 Å². The number of hydrogen-bond acceptors (Lipinski definition) is 4. The zero-order chi connectivity index (χ0) is 15.0. The van der Waals surface area contributed by atoms with Crippen molar-refractivity contribution in [2.45, 2.75) is 19.9 Å². The lowest BCUT2D eigenvalue weighted by Gasteiger charge is -2.17. The van der Waals surface area contributed by atoms with Crippen LogP contribution in [-0.2, 0) is 16.1 Å². The Kier molecular flexibility index (Phi) is 6.69. The van der Waals surface area contributed by atoms with E-state index in [1.54, 1.807) is 0 Å². The van der Waals surface area contributed by atoms with Gasteiger partial charge in [0, 0.05) is 25.2 Å². The van der Waals surface area contributed by atoms with Gasteiger partial charge in [-0.2, -0.15) is 0 Å². The summed E-state index contributed by atoms with van der Waals surface area (Å²) in [5.74, 6) is -0.474. The van der Waals surface area contributed by atoms with Crippen LogP contribution in [-0.4, -0.2) is 36.3 Å². The van der Waals surface area contributed by atoms with E-state index in [9.17, 15) is 9.59 Å². The minimum absolute atomic E-state index is 0.0894. The molecule has 0 heterocycles. The van der Waals surface area contributed by atoms with E-state index in [2.05, 4.69) is 5.32 Å². The number of benzene rings is 1. The summed E-state index contributed by atoms with van der Waals surface area (Å²) in [5, 5.41) is 2.80. The SMILES string of the molecule is CCN(CCC(=O)Nc1ccc(CN)cc1)CC(N)=O. The summed E-state index contributed by atoms with van der Waals surface area (Å²) in [6.45, 7) is 3.77. The molecule has 0 fully saturated rings. The van der Waals surface area contributed by atoms with E-state index in [0.29, 0.717) is 26.1 Å². The summed E-state index contributed by atoms with van der Waals surface area (Å²) in [4.78, 5) is 24.5. The average molecular weight is 278 g/mol. The van der Waals surface area contributed by atoms with E-state index in [1.807, 2.05) is 36.1 Å². The lowest BCUT2D eigenvalue weighted by molar-refractivity contribution is -0.120. The molecular weight excluding hydrogens is 256 g/mol. The predicted molar refractivity (Wildman–Crippen MR) is 78.9 cm³/mol. The summed E-state index contributed by atoms with van der Waals surface area (Å²) in [6, 6.07) is 7.39. The van der Waals surface area contributed by atoms with Gasteiger partial charge >= 0.3 is 0 Å². The number of anilines is 1. The number of amides is 2. The standard InChI is InChI=1S/C14H22N4O2/c1-2-18(10-13(16)19)8-7-14(20)17-12-5-3-11(9-15)4-6-12/h3-6H,2,7-10,15H2,1H3,(H2,16,19)(H,17,20). The summed E-state index contributed by atoms with van der Waals surface area (Å²) in [5.41, 5.74) is 12.4. The second-order valence-electron chi connectivity index (χ2n) is 4.53. The Hall–Kier alpha value is -1.92. The van der Waals surface area contributed by atoms with Crippen molar-refractivity contribution in [3.05, 3.63) is 29.8 Å². The molecule has 0 aromatic heterocycles. The zero-order valence-corrected chi connectivity index (χ0v) is 11.8. The van der Waals surface area contributed by atoms with Gasteiger partial charge in [0.15, 0.2) is 0 Å². The molecule has 6 heteroatoms. The van der Waals surface area contributed by atoms with E-state index >= 15 is 0 Å². The van der Waals surface area contributed by atoms with Crippen molar-refractivity contribution >= 4 is 17.5 Å². The van der Waals surface area contributed by atoms with Crippen molar-refractivity contribution in [3.63, 3.8) is 0 Å². The second kappa shape index (κ2) is 8.29. The minimum Gasteiger partial charge on any atom is -0.369 e. The number of rotatable bonds is 8.